The van der Waals surface area contributed by atoms with Crippen LogP contribution in [0.4, 0.5) is 5.69 Å². The molecule has 20 heavy (non-hydrogen) atoms. The van der Waals surface area contributed by atoms with Crippen LogP contribution in [-0.4, -0.2) is 11.8 Å². The number of carbonyl (C=O) groups excluding carboxylic acids is 2. The average molecular weight is 333 g/mol. The maximum atomic E-state index is 11.9. The summed E-state index contributed by atoms with van der Waals surface area (Å²) in [6.07, 6.45) is 0.296. The lowest BCUT2D eigenvalue weighted by molar-refractivity contribution is -0.115. The van der Waals surface area contributed by atoms with Crippen LogP contribution >= 0.6 is 15.9 Å². The molecular formula is C15H13BrN2O2. The highest BCUT2D eigenvalue weighted by Gasteiger charge is 2.05. The molecule has 5 heteroatoms. The van der Waals surface area contributed by atoms with Crippen LogP contribution in [-0.2, 0) is 11.2 Å². The molecule has 0 radical (unpaired) electrons. The number of nitrogens with one attached hydrogen (secondary N) is 1. The zero-order valence-electron chi connectivity index (χ0n) is 10.6. The molecule has 0 atom stereocenters. The average Bonchev–Trinajstić information content (AvgIpc) is 2.42. The Hall–Kier alpha value is -2.14. The van der Waals surface area contributed by atoms with Crippen LogP contribution in [0.5, 0.6) is 0 Å². The lowest BCUT2D eigenvalue weighted by Gasteiger charge is -2.06. The summed E-state index contributed by atoms with van der Waals surface area (Å²) in [6.45, 7) is 0. The molecule has 0 spiro atoms. The van der Waals surface area contributed by atoms with Crippen molar-refractivity contribution in [1.29, 1.82) is 0 Å². The molecule has 0 aromatic heterocycles. The smallest absolute Gasteiger partial charge is 0.248 e. The largest absolute Gasteiger partial charge is 0.366 e. The van der Waals surface area contributed by atoms with E-state index >= 15 is 0 Å². The zero-order chi connectivity index (χ0) is 14.5. The number of nitrogens with two attached hydrogens (primary N) is 1. The highest BCUT2D eigenvalue weighted by atomic mass is 79.9. The van der Waals surface area contributed by atoms with Crippen molar-refractivity contribution in [3.8, 4) is 0 Å². The highest BCUT2D eigenvalue weighted by Crippen LogP contribution is 2.13. The molecule has 0 aliphatic heterocycles. The van der Waals surface area contributed by atoms with Gasteiger partial charge in [0.15, 0.2) is 0 Å². The molecule has 4 nitrogen and oxygen atoms in total. The fraction of sp³-hybridized carbons (Fsp3) is 0.0667. The minimum Gasteiger partial charge on any atom is -0.366 e. The van der Waals surface area contributed by atoms with Crippen LogP contribution in [0.25, 0.3) is 0 Å². The minimum absolute atomic E-state index is 0.112. The monoisotopic (exact) mass is 332 g/mol. The van der Waals surface area contributed by atoms with Gasteiger partial charge in [-0.2, -0.15) is 0 Å². The van der Waals surface area contributed by atoms with Crippen LogP contribution in [0.1, 0.15) is 15.9 Å². The molecule has 102 valence electrons. The van der Waals surface area contributed by atoms with E-state index in [0.29, 0.717) is 17.7 Å². The van der Waals surface area contributed by atoms with Crippen molar-refractivity contribution in [2.24, 2.45) is 5.73 Å². The fourth-order valence-electron chi connectivity index (χ4n) is 1.71. The molecule has 2 amide bonds. The van der Waals surface area contributed by atoms with Crippen molar-refractivity contribution in [2.45, 2.75) is 6.42 Å². The first-order chi connectivity index (χ1) is 9.54. The number of carbonyl (C=O) groups is 2. The summed E-state index contributed by atoms with van der Waals surface area (Å²) in [4.78, 5) is 22.8. The van der Waals surface area contributed by atoms with E-state index in [2.05, 4.69) is 21.2 Å². The first-order valence-corrected chi connectivity index (χ1v) is 6.78. The number of halogens is 1. The molecule has 2 rings (SSSR count). The van der Waals surface area contributed by atoms with Gasteiger partial charge < -0.3 is 11.1 Å². The summed E-state index contributed by atoms with van der Waals surface area (Å²) < 4.78 is 0.976. The lowest BCUT2D eigenvalue weighted by Crippen LogP contribution is -2.15. The van der Waals surface area contributed by atoms with Crippen molar-refractivity contribution in [2.75, 3.05) is 5.32 Å². The van der Waals surface area contributed by atoms with Gasteiger partial charge in [0, 0.05) is 15.7 Å². The lowest BCUT2D eigenvalue weighted by atomic mass is 10.1. The molecule has 0 aliphatic rings. The van der Waals surface area contributed by atoms with E-state index in [1.807, 2.05) is 24.3 Å². The molecule has 2 aromatic carbocycles. The van der Waals surface area contributed by atoms with E-state index in [4.69, 9.17) is 5.73 Å². The third-order valence-corrected chi connectivity index (χ3v) is 3.26. The van der Waals surface area contributed by atoms with Gasteiger partial charge in [-0.15, -0.1) is 0 Å². The van der Waals surface area contributed by atoms with Crippen LogP contribution in [0, 0.1) is 0 Å². The molecule has 3 N–H and O–H groups in total. The van der Waals surface area contributed by atoms with E-state index in [0.717, 1.165) is 10.0 Å². The number of amides is 2. The van der Waals surface area contributed by atoms with E-state index in [1.165, 1.54) is 0 Å². The van der Waals surface area contributed by atoms with Gasteiger partial charge in [-0.3, -0.25) is 9.59 Å². The maximum absolute atomic E-state index is 11.9. The Morgan fingerprint density at radius 3 is 2.15 bits per heavy atom. The van der Waals surface area contributed by atoms with Crippen molar-refractivity contribution in [3.63, 3.8) is 0 Å². The molecule has 0 bridgehead atoms. The molecule has 2 aromatic rings. The quantitative estimate of drug-likeness (QED) is 0.903. The molecular weight excluding hydrogens is 320 g/mol. The van der Waals surface area contributed by atoms with Crippen LogP contribution in [0.2, 0.25) is 0 Å². The van der Waals surface area contributed by atoms with Crippen molar-refractivity contribution in [3.05, 3.63) is 64.1 Å². The van der Waals surface area contributed by atoms with Crippen LogP contribution < -0.4 is 11.1 Å². The second kappa shape index (κ2) is 6.34. The van der Waals surface area contributed by atoms with Gasteiger partial charge in [0.2, 0.25) is 11.8 Å². The van der Waals surface area contributed by atoms with Gasteiger partial charge in [-0.25, -0.2) is 0 Å². The van der Waals surface area contributed by atoms with Crippen LogP contribution in [0.15, 0.2) is 53.0 Å². The normalized spacial score (nSPS) is 10.1. The fourth-order valence-corrected chi connectivity index (χ4v) is 1.97. The molecule has 0 saturated carbocycles. The summed E-state index contributed by atoms with van der Waals surface area (Å²) in [7, 11) is 0. The third-order valence-electron chi connectivity index (χ3n) is 2.73. The van der Waals surface area contributed by atoms with Crippen molar-refractivity contribution in [1.82, 2.24) is 0 Å². The SMILES string of the molecule is NC(=O)c1ccc(NC(=O)Cc2ccc(Br)cc2)cc1. The molecule has 0 unspecified atom stereocenters. The first kappa shape index (κ1) is 14.3. The Morgan fingerprint density at radius 1 is 1.00 bits per heavy atom. The number of anilines is 1. The summed E-state index contributed by atoms with van der Waals surface area (Å²) in [5.74, 6) is -0.600. The summed E-state index contributed by atoms with van der Waals surface area (Å²) in [6, 6.07) is 14.0. The summed E-state index contributed by atoms with van der Waals surface area (Å²) in [5.41, 5.74) is 7.13. The standard InChI is InChI=1S/C15H13BrN2O2/c16-12-5-1-10(2-6-12)9-14(19)18-13-7-3-11(4-8-13)15(17)20/h1-8H,9H2,(H2,17,20)(H,18,19). The summed E-state index contributed by atoms with van der Waals surface area (Å²) >= 11 is 3.35. The number of benzene rings is 2. The van der Waals surface area contributed by atoms with Crippen molar-refractivity contribution < 1.29 is 9.59 Å². The van der Waals surface area contributed by atoms with Gasteiger partial charge in [0.05, 0.1) is 6.42 Å². The van der Waals surface area contributed by atoms with Gasteiger partial charge in [-0.1, -0.05) is 28.1 Å². The molecule has 0 heterocycles. The second-order valence-corrected chi connectivity index (χ2v) is 5.21. The summed E-state index contributed by atoms with van der Waals surface area (Å²) in [5, 5.41) is 2.77. The van der Waals surface area contributed by atoms with Gasteiger partial charge >= 0.3 is 0 Å². The highest BCUT2D eigenvalue weighted by molar-refractivity contribution is 9.10. The molecule has 0 aliphatic carbocycles. The van der Waals surface area contributed by atoms with Gasteiger partial charge in [-0.05, 0) is 42.0 Å². The topological polar surface area (TPSA) is 72.2 Å². The Bertz CT molecular complexity index is 621. The third kappa shape index (κ3) is 3.93. The van der Waals surface area contributed by atoms with E-state index in [1.54, 1.807) is 24.3 Å². The van der Waals surface area contributed by atoms with E-state index in [-0.39, 0.29) is 5.91 Å². The Morgan fingerprint density at radius 2 is 1.60 bits per heavy atom. The maximum Gasteiger partial charge on any atom is 0.248 e. The van der Waals surface area contributed by atoms with E-state index in [9.17, 15) is 9.59 Å². The molecule has 0 fully saturated rings. The number of hydrogen-bond donors (Lipinski definition) is 2. The minimum atomic E-state index is -0.488. The molecule has 0 saturated heterocycles. The number of rotatable bonds is 4. The predicted molar refractivity (Wildman–Crippen MR) is 81.4 cm³/mol. The zero-order valence-corrected chi connectivity index (χ0v) is 12.2. The van der Waals surface area contributed by atoms with Crippen molar-refractivity contribution >= 4 is 33.4 Å². The van der Waals surface area contributed by atoms with Gasteiger partial charge in [0.25, 0.3) is 0 Å². The first-order valence-electron chi connectivity index (χ1n) is 5.99. The number of hydrogen-bond acceptors (Lipinski definition) is 2. The van der Waals surface area contributed by atoms with E-state index < -0.39 is 5.91 Å². The Kier molecular flexibility index (Phi) is 4.53. The second-order valence-electron chi connectivity index (χ2n) is 4.29. The predicted octanol–water partition coefficient (Wildman–Crippen LogP) is 2.73. The Balaban J connectivity index is 1.97. The van der Waals surface area contributed by atoms with Gasteiger partial charge in [0.1, 0.15) is 0 Å². The van der Waals surface area contributed by atoms with Crippen LogP contribution in [0.3, 0.4) is 0 Å². The number of primary amides is 1. The Labute approximate surface area is 125 Å².